The zero-order valence-electron chi connectivity index (χ0n) is 20.4. The van der Waals surface area contributed by atoms with Crippen molar-refractivity contribution in [1.82, 2.24) is 9.88 Å². The van der Waals surface area contributed by atoms with E-state index < -0.39 is 16.6 Å². The monoisotopic (exact) mass is 504 g/mol. The van der Waals surface area contributed by atoms with Gasteiger partial charge in [0.25, 0.3) is 0 Å². The molecular formula is C26H28N6O3S. The summed E-state index contributed by atoms with van der Waals surface area (Å²) in [6.45, 7) is 14.6. The summed E-state index contributed by atoms with van der Waals surface area (Å²) in [5.74, 6) is 0.0282. The molecule has 0 saturated carbocycles. The molecule has 0 radical (unpaired) electrons. The van der Waals surface area contributed by atoms with Crippen molar-refractivity contribution >= 4 is 35.1 Å². The first-order valence-electron chi connectivity index (χ1n) is 11.8. The number of hydrogen-bond donors (Lipinski definition) is 1. The van der Waals surface area contributed by atoms with Gasteiger partial charge in [-0.15, -0.1) is 0 Å². The van der Waals surface area contributed by atoms with Crippen molar-refractivity contribution in [3.8, 4) is 6.07 Å². The molecule has 2 aliphatic heterocycles. The molecule has 2 N–H and O–H groups in total. The first-order valence-corrected chi connectivity index (χ1v) is 12.7. The van der Waals surface area contributed by atoms with Gasteiger partial charge in [0.15, 0.2) is 0 Å². The number of anilines is 1. The number of thioether (sulfide) groups is 1. The quantitative estimate of drug-likeness (QED) is 0.455. The smallest absolute Gasteiger partial charge is 0.235 e. The molecule has 2 amide bonds. The fraction of sp³-hybridized carbons (Fsp3) is 0.423. The van der Waals surface area contributed by atoms with Crippen molar-refractivity contribution in [2.24, 2.45) is 11.1 Å². The van der Waals surface area contributed by atoms with E-state index in [4.69, 9.17) is 22.0 Å². The number of rotatable bonds is 7. The number of primary amides is 1. The lowest BCUT2D eigenvalue weighted by atomic mass is 9.86. The second-order valence-corrected chi connectivity index (χ2v) is 10.3. The van der Waals surface area contributed by atoms with Crippen LogP contribution in [0.2, 0.25) is 0 Å². The number of aromatic nitrogens is 1. The normalized spacial score (nSPS) is 17.4. The molecule has 4 rings (SSSR count). The second kappa shape index (κ2) is 10.6. The van der Waals surface area contributed by atoms with Crippen LogP contribution in [0.4, 0.5) is 11.5 Å². The van der Waals surface area contributed by atoms with Crippen LogP contribution in [-0.2, 0) is 20.7 Å². The number of benzene rings is 1. The number of piperazine rings is 1. The second-order valence-electron chi connectivity index (χ2n) is 9.16. The van der Waals surface area contributed by atoms with Crippen LogP contribution < -0.4 is 10.6 Å². The predicted molar refractivity (Wildman–Crippen MR) is 137 cm³/mol. The molecule has 2 saturated heterocycles. The first-order chi connectivity index (χ1) is 17.3. The van der Waals surface area contributed by atoms with Crippen molar-refractivity contribution in [3.05, 3.63) is 58.4 Å². The highest BCUT2D eigenvalue weighted by Crippen LogP contribution is 2.42. The molecule has 9 nitrogen and oxygen atoms in total. The van der Waals surface area contributed by atoms with Crippen LogP contribution >= 0.6 is 11.8 Å². The summed E-state index contributed by atoms with van der Waals surface area (Å²) in [5, 5.41) is 9.63. The third-order valence-corrected chi connectivity index (χ3v) is 7.87. The Morgan fingerprint density at radius 3 is 2.44 bits per heavy atom. The number of hydrogen-bond acceptors (Lipinski definition) is 7. The van der Waals surface area contributed by atoms with Gasteiger partial charge in [-0.3, -0.25) is 9.59 Å². The summed E-state index contributed by atoms with van der Waals surface area (Å²) in [7, 11) is 0. The largest absolute Gasteiger partial charge is 0.379 e. The molecule has 1 unspecified atom stereocenters. The average Bonchev–Trinajstić information content (AvgIpc) is 2.89. The maximum Gasteiger partial charge on any atom is 0.235 e. The molecule has 0 bridgehead atoms. The minimum absolute atomic E-state index is 0.0873. The lowest BCUT2D eigenvalue weighted by Gasteiger charge is -2.43. The Morgan fingerprint density at radius 1 is 1.28 bits per heavy atom. The Morgan fingerprint density at radius 2 is 1.94 bits per heavy atom. The van der Waals surface area contributed by atoms with Crippen LogP contribution in [0.5, 0.6) is 0 Å². The van der Waals surface area contributed by atoms with Gasteiger partial charge in [-0.2, -0.15) is 5.26 Å². The highest BCUT2D eigenvalue weighted by Gasteiger charge is 2.44. The lowest BCUT2D eigenvalue weighted by molar-refractivity contribution is -0.169. The van der Waals surface area contributed by atoms with Crippen molar-refractivity contribution in [3.63, 3.8) is 0 Å². The topological polar surface area (TPSA) is 117 Å². The number of nitrogens with two attached hydrogens (primary N) is 1. The third-order valence-electron chi connectivity index (χ3n) is 6.61. The maximum atomic E-state index is 12.9. The lowest BCUT2D eigenvalue weighted by Crippen LogP contribution is -2.58. The van der Waals surface area contributed by atoms with Gasteiger partial charge in [-0.05, 0) is 24.5 Å². The van der Waals surface area contributed by atoms with Gasteiger partial charge in [0.2, 0.25) is 17.5 Å². The number of amides is 2. The van der Waals surface area contributed by atoms with E-state index in [-0.39, 0.29) is 5.91 Å². The van der Waals surface area contributed by atoms with Gasteiger partial charge in [-0.1, -0.05) is 49.0 Å². The summed E-state index contributed by atoms with van der Waals surface area (Å²) in [6, 6.07) is 11.3. The molecule has 0 aliphatic carbocycles. The molecule has 36 heavy (non-hydrogen) atoms. The van der Waals surface area contributed by atoms with E-state index in [2.05, 4.69) is 10.9 Å². The fourth-order valence-corrected chi connectivity index (χ4v) is 5.59. The Balaban J connectivity index is 1.67. The summed E-state index contributed by atoms with van der Waals surface area (Å²) < 4.78 is 5.25. The molecule has 0 spiro atoms. The predicted octanol–water partition coefficient (Wildman–Crippen LogP) is 3.07. The molecule has 2 fully saturated rings. The van der Waals surface area contributed by atoms with E-state index in [0.717, 1.165) is 17.3 Å². The Bertz CT molecular complexity index is 1240. The average molecular weight is 505 g/mol. The summed E-state index contributed by atoms with van der Waals surface area (Å²) in [6.07, 6.45) is 0.465. The number of pyridine rings is 1. The zero-order valence-corrected chi connectivity index (χ0v) is 21.2. The zero-order chi connectivity index (χ0) is 25.9. The van der Waals surface area contributed by atoms with Gasteiger partial charge in [0, 0.05) is 26.2 Å². The molecule has 2 aliphatic rings. The number of ether oxygens (including phenoxy) is 1. The van der Waals surface area contributed by atoms with Gasteiger partial charge in [0.05, 0.1) is 30.8 Å². The number of nitrogens with zero attached hydrogens (tertiary/aromatic N) is 5. The van der Waals surface area contributed by atoms with Crippen LogP contribution in [0, 0.1) is 23.3 Å². The highest BCUT2D eigenvalue weighted by molar-refractivity contribution is 8.00. The van der Waals surface area contributed by atoms with Crippen molar-refractivity contribution in [1.29, 1.82) is 5.26 Å². The number of nitriles is 1. The van der Waals surface area contributed by atoms with Crippen LogP contribution in [0.1, 0.15) is 35.8 Å². The maximum absolute atomic E-state index is 12.9. The molecular weight excluding hydrogens is 476 g/mol. The van der Waals surface area contributed by atoms with Crippen LogP contribution in [0.15, 0.2) is 35.4 Å². The van der Waals surface area contributed by atoms with E-state index in [1.165, 1.54) is 0 Å². The van der Waals surface area contributed by atoms with Crippen LogP contribution in [0.25, 0.3) is 4.85 Å². The van der Waals surface area contributed by atoms with E-state index in [0.29, 0.717) is 73.5 Å². The van der Waals surface area contributed by atoms with Crippen molar-refractivity contribution in [2.45, 2.75) is 30.5 Å². The van der Waals surface area contributed by atoms with Crippen LogP contribution in [0.3, 0.4) is 0 Å². The van der Waals surface area contributed by atoms with Gasteiger partial charge < -0.3 is 20.3 Å². The molecule has 3 heterocycles. The number of carbonyl (C=O) groups excluding carboxylic acids is 2. The van der Waals surface area contributed by atoms with E-state index in [9.17, 15) is 14.9 Å². The van der Waals surface area contributed by atoms with Gasteiger partial charge >= 0.3 is 0 Å². The Labute approximate surface area is 215 Å². The van der Waals surface area contributed by atoms with E-state index in [1.807, 2.05) is 54.0 Å². The number of carbonyl (C=O) groups is 2. The molecule has 2 aromatic rings. The summed E-state index contributed by atoms with van der Waals surface area (Å²) >= 11 is 1.13. The van der Waals surface area contributed by atoms with Crippen molar-refractivity contribution in [2.75, 3.05) is 44.3 Å². The molecule has 1 aromatic carbocycles. The molecule has 1 aromatic heterocycles. The highest BCUT2D eigenvalue weighted by atomic mass is 32.2. The third kappa shape index (κ3) is 4.75. The van der Waals surface area contributed by atoms with Gasteiger partial charge in [-0.25, -0.2) is 9.83 Å². The standard InChI is InChI=1S/C26H28N6O3S/c1-4-18-19(14-27)24(36-21(22(28)33)17-8-6-5-7-9-17)30-23(20(18)29-3)31-10-12-32(13-11-31)25(34)26(2)15-35-16-26/h5-9,21H,4,10-13,15-16H2,1-2H3,(H2,28,33). The summed E-state index contributed by atoms with van der Waals surface area (Å²) in [5.41, 5.74) is 7.23. The first kappa shape index (κ1) is 25.5. The molecule has 10 heteroatoms. The minimum atomic E-state index is -0.734. The van der Waals surface area contributed by atoms with E-state index in [1.54, 1.807) is 0 Å². The van der Waals surface area contributed by atoms with E-state index >= 15 is 0 Å². The Kier molecular flexibility index (Phi) is 7.48. The molecule has 186 valence electrons. The minimum Gasteiger partial charge on any atom is -0.379 e. The van der Waals surface area contributed by atoms with Crippen LogP contribution in [-0.4, -0.2) is 61.1 Å². The molecule has 1 atom stereocenters. The summed E-state index contributed by atoms with van der Waals surface area (Å²) in [4.78, 5) is 37.6. The Hall–Kier alpha value is -3.60. The SMILES string of the molecule is [C-]#[N+]c1c(N2CCN(C(=O)C3(C)COC3)CC2)nc(SC(C(N)=O)c2ccccc2)c(C#N)c1CC. The van der Waals surface area contributed by atoms with Crippen molar-refractivity contribution < 1.29 is 14.3 Å². The fourth-order valence-electron chi connectivity index (χ4n) is 4.53. The van der Waals surface area contributed by atoms with Gasteiger partial charge in [0.1, 0.15) is 22.2 Å².